The van der Waals surface area contributed by atoms with Crippen molar-refractivity contribution in [3.63, 3.8) is 0 Å². The van der Waals surface area contributed by atoms with E-state index in [4.69, 9.17) is 0 Å². The number of para-hydroxylation sites is 1. The Balaban J connectivity index is 1.86. The zero-order valence-corrected chi connectivity index (χ0v) is 16.6. The number of sulfonamides is 1. The summed E-state index contributed by atoms with van der Waals surface area (Å²) in [5, 5.41) is 0. The molecule has 1 aliphatic heterocycles. The van der Waals surface area contributed by atoms with Crippen LogP contribution in [-0.2, 0) is 14.8 Å². The summed E-state index contributed by atoms with van der Waals surface area (Å²) >= 11 is 0. The fourth-order valence-electron chi connectivity index (χ4n) is 3.18. The van der Waals surface area contributed by atoms with Crippen LogP contribution < -0.4 is 4.31 Å². The second kappa shape index (κ2) is 8.70. The van der Waals surface area contributed by atoms with Crippen LogP contribution in [0.3, 0.4) is 0 Å². The molecule has 0 unspecified atom stereocenters. The lowest BCUT2D eigenvalue weighted by molar-refractivity contribution is -0.131. The van der Waals surface area contributed by atoms with E-state index in [-0.39, 0.29) is 17.3 Å². The van der Waals surface area contributed by atoms with Crippen LogP contribution in [0.15, 0.2) is 59.5 Å². The van der Waals surface area contributed by atoms with Crippen molar-refractivity contribution in [1.29, 1.82) is 0 Å². The summed E-state index contributed by atoms with van der Waals surface area (Å²) in [6, 6.07) is 13.1. The van der Waals surface area contributed by atoms with E-state index in [9.17, 15) is 17.6 Å². The van der Waals surface area contributed by atoms with Gasteiger partial charge in [0, 0.05) is 26.2 Å². The third-order valence-corrected chi connectivity index (χ3v) is 6.68. The molecule has 8 heteroatoms. The van der Waals surface area contributed by atoms with Gasteiger partial charge in [0.05, 0.1) is 10.6 Å². The van der Waals surface area contributed by atoms with E-state index in [0.717, 1.165) is 36.1 Å². The number of halogens is 1. The zero-order valence-electron chi connectivity index (χ0n) is 15.8. The highest BCUT2D eigenvalue weighted by molar-refractivity contribution is 7.92. The fraction of sp³-hybridized carbons (Fsp3) is 0.350. The van der Waals surface area contributed by atoms with Gasteiger partial charge in [0.15, 0.2) is 0 Å². The summed E-state index contributed by atoms with van der Waals surface area (Å²) in [5.41, 5.74) is 0.396. The first-order chi connectivity index (χ1) is 13.4. The molecule has 0 aliphatic carbocycles. The molecule has 1 saturated heterocycles. The first-order valence-corrected chi connectivity index (χ1v) is 10.7. The van der Waals surface area contributed by atoms with E-state index in [1.54, 1.807) is 35.2 Å². The summed E-state index contributed by atoms with van der Waals surface area (Å²) in [7, 11) is -4.01. The number of carbonyl (C=O) groups is 1. The maximum atomic E-state index is 13.2. The average molecular weight is 405 g/mol. The van der Waals surface area contributed by atoms with Gasteiger partial charge in [-0.05, 0) is 42.9 Å². The molecule has 0 atom stereocenters. The molecular weight excluding hydrogens is 381 g/mol. The van der Waals surface area contributed by atoms with Crippen molar-refractivity contribution in [1.82, 2.24) is 9.80 Å². The van der Waals surface area contributed by atoms with Crippen LogP contribution >= 0.6 is 0 Å². The number of piperazine rings is 1. The Labute approximate surface area is 165 Å². The van der Waals surface area contributed by atoms with Crippen LogP contribution in [0.5, 0.6) is 0 Å². The minimum atomic E-state index is -4.01. The Morgan fingerprint density at radius 1 is 1.00 bits per heavy atom. The Morgan fingerprint density at radius 2 is 1.61 bits per heavy atom. The van der Waals surface area contributed by atoms with Gasteiger partial charge >= 0.3 is 0 Å². The highest BCUT2D eigenvalue weighted by Crippen LogP contribution is 2.24. The lowest BCUT2D eigenvalue weighted by Crippen LogP contribution is -2.51. The smallest absolute Gasteiger partial charge is 0.264 e. The number of nitrogens with zero attached hydrogens (tertiary/aromatic N) is 3. The number of carbonyl (C=O) groups excluding carboxylic acids is 1. The van der Waals surface area contributed by atoms with Gasteiger partial charge in [0.25, 0.3) is 10.0 Å². The Hall–Kier alpha value is -2.45. The van der Waals surface area contributed by atoms with E-state index in [0.29, 0.717) is 18.8 Å². The highest BCUT2D eigenvalue weighted by Gasteiger charge is 2.30. The Kier molecular flexibility index (Phi) is 6.31. The molecule has 1 amide bonds. The Morgan fingerprint density at radius 3 is 2.18 bits per heavy atom. The van der Waals surface area contributed by atoms with E-state index in [1.165, 1.54) is 12.1 Å². The fourth-order valence-corrected chi connectivity index (χ4v) is 4.59. The van der Waals surface area contributed by atoms with Gasteiger partial charge < -0.3 is 9.80 Å². The van der Waals surface area contributed by atoms with Gasteiger partial charge in [0.1, 0.15) is 12.4 Å². The normalized spacial score (nSPS) is 15.4. The number of rotatable bonds is 6. The maximum absolute atomic E-state index is 13.2. The molecule has 0 radical (unpaired) electrons. The quantitative estimate of drug-likeness (QED) is 0.739. The first-order valence-electron chi connectivity index (χ1n) is 9.25. The number of hydrogen-bond donors (Lipinski definition) is 0. The summed E-state index contributed by atoms with van der Waals surface area (Å²) in [6.45, 7) is 5.41. The van der Waals surface area contributed by atoms with E-state index in [1.807, 2.05) is 0 Å². The molecule has 0 spiro atoms. The summed E-state index contributed by atoms with van der Waals surface area (Å²) < 4.78 is 40.7. The third kappa shape index (κ3) is 4.51. The summed E-state index contributed by atoms with van der Waals surface area (Å²) in [5.74, 6) is -0.764. The molecule has 0 aromatic heterocycles. The molecule has 1 aliphatic rings. The highest BCUT2D eigenvalue weighted by atomic mass is 32.2. The average Bonchev–Trinajstić information content (AvgIpc) is 2.72. The molecule has 28 heavy (non-hydrogen) atoms. The lowest BCUT2D eigenvalue weighted by Gasteiger charge is -2.35. The van der Waals surface area contributed by atoms with E-state index >= 15 is 0 Å². The predicted molar refractivity (Wildman–Crippen MR) is 106 cm³/mol. The van der Waals surface area contributed by atoms with Crippen LogP contribution in [0.25, 0.3) is 0 Å². The van der Waals surface area contributed by atoms with Crippen LogP contribution in [0, 0.1) is 5.82 Å². The monoisotopic (exact) mass is 405 g/mol. The SMILES string of the molecule is CCN1CCN(C(=O)CN(c2ccccc2)S(=O)(=O)c2ccc(F)cc2)CC1. The summed E-state index contributed by atoms with van der Waals surface area (Å²) in [6.07, 6.45) is 0. The van der Waals surface area contributed by atoms with Crippen molar-refractivity contribution < 1.29 is 17.6 Å². The van der Waals surface area contributed by atoms with Crippen molar-refractivity contribution in [3.05, 3.63) is 60.4 Å². The van der Waals surface area contributed by atoms with Crippen LogP contribution in [-0.4, -0.2) is 63.4 Å². The van der Waals surface area contributed by atoms with Crippen LogP contribution in [0.4, 0.5) is 10.1 Å². The predicted octanol–water partition coefficient (Wildman–Crippen LogP) is 2.19. The van der Waals surface area contributed by atoms with Gasteiger partial charge in [-0.15, -0.1) is 0 Å². The summed E-state index contributed by atoms with van der Waals surface area (Å²) in [4.78, 5) is 16.7. The van der Waals surface area contributed by atoms with Gasteiger partial charge in [0.2, 0.25) is 5.91 Å². The number of benzene rings is 2. The Bertz CT molecular complexity index is 896. The minimum Gasteiger partial charge on any atom is -0.339 e. The molecule has 0 bridgehead atoms. The van der Waals surface area contributed by atoms with Gasteiger partial charge in [-0.3, -0.25) is 9.10 Å². The van der Waals surface area contributed by atoms with Crippen molar-refractivity contribution >= 4 is 21.6 Å². The van der Waals surface area contributed by atoms with Crippen molar-refractivity contribution in [2.75, 3.05) is 43.6 Å². The van der Waals surface area contributed by atoms with Crippen molar-refractivity contribution in [2.24, 2.45) is 0 Å². The van der Waals surface area contributed by atoms with Crippen LogP contribution in [0.2, 0.25) is 0 Å². The van der Waals surface area contributed by atoms with Crippen molar-refractivity contribution in [2.45, 2.75) is 11.8 Å². The minimum absolute atomic E-state index is 0.0543. The number of likely N-dealkylation sites (N-methyl/N-ethyl adjacent to an activating group) is 1. The number of anilines is 1. The van der Waals surface area contributed by atoms with Crippen molar-refractivity contribution in [3.8, 4) is 0 Å². The van der Waals surface area contributed by atoms with Gasteiger partial charge in [-0.2, -0.15) is 0 Å². The largest absolute Gasteiger partial charge is 0.339 e. The standard InChI is InChI=1S/C20H24FN3O3S/c1-2-22-12-14-23(15-13-22)20(25)16-24(18-6-4-3-5-7-18)28(26,27)19-10-8-17(21)9-11-19/h3-11H,2,12-16H2,1H3. The maximum Gasteiger partial charge on any atom is 0.264 e. The molecule has 1 heterocycles. The molecular formula is C20H24FN3O3S. The van der Waals surface area contributed by atoms with Crippen LogP contribution in [0.1, 0.15) is 6.92 Å². The molecule has 150 valence electrons. The topological polar surface area (TPSA) is 60.9 Å². The third-order valence-electron chi connectivity index (χ3n) is 4.90. The second-order valence-corrected chi connectivity index (χ2v) is 8.48. The molecule has 1 fully saturated rings. The first kappa shape index (κ1) is 20.3. The zero-order chi connectivity index (χ0) is 20.1. The molecule has 0 N–H and O–H groups in total. The molecule has 0 saturated carbocycles. The molecule has 2 aromatic rings. The lowest BCUT2D eigenvalue weighted by atomic mass is 10.3. The molecule has 6 nitrogen and oxygen atoms in total. The number of amides is 1. The van der Waals surface area contributed by atoms with E-state index in [2.05, 4.69) is 11.8 Å². The van der Waals surface area contributed by atoms with Gasteiger partial charge in [-0.1, -0.05) is 25.1 Å². The second-order valence-electron chi connectivity index (χ2n) is 6.62. The van der Waals surface area contributed by atoms with E-state index < -0.39 is 15.8 Å². The molecule has 3 rings (SSSR count). The molecule has 2 aromatic carbocycles. The van der Waals surface area contributed by atoms with Gasteiger partial charge in [-0.25, -0.2) is 12.8 Å². The number of hydrogen-bond acceptors (Lipinski definition) is 4.